The Labute approximate surface area is 161 Å². The number of benzene rings is 1. The van der Waals surface area contributed by atoms with Gasteiger partial charge in [0.05, 0.1) is 6.61 Å². The highest BCUT2D eigenvalue weighted by Crippen LogP contribution is 2.31. The van der Waals surface area contributed by atoms with E-state index in [4.69, 9.17) is 12.6 Å². The summed E-state index contributed by atoms with van der Waals surface area (Å²) in [6.45, 7) is -1.17. The molecule has 0 spiro atoms. The fraction of sp³-hybridized carbons (Fsp3) is 0.333. The Morgan fingerprint density at radius 1 is 1.36 bits per heavy atom. The maximum absolute atomic E-state index is 13.6. The normalized spacial score (nSPS) is 13.2. The Kier molecular flexibility index (Phi) is 7.41. The van der Waals surface area contributed by atoms with Gasteiger partial charge in [-0.1, -0.05) is 6.07 Å². The van der Waals surface area contributed by atoms with Gasteiger partial charge in [-0.15, -0.1) is 0 Å². The van der Waals surface area contributed by atoms with Gasteiger partial charge in [-0.2, -0.15) is 8.78 Å². The highest BCUT2D eigenvalue weighted by molar-refractivity contribution is 6.13. The molecule has 0 bridgehead atoms. The Morgan fingerprint density at radius 2 is 2.11 bits per heavy atom. The van der Waals surface area contributed by atoms with E-state index in [2.05, 4.69) is 15.0 Å². The molecule has 0 aliphatic rings. The van der Waals surface area contributed by atoms with Gasteiger partial charge in [0.2, 0.25) is 6.41 Å². The van der Waals surface area contributed by atoms with Crippen LogP contribution in [-0.4, -0.2) is 44.1 Å². The van der Waals surface area contributed by atoms with Gasteiger partial charge in [-0.05, 0) is 37.1 Å². The minimum Gasteiger partial charge on any atom is -0.432 e. The molecule has 2 N–H and O–H groups in total. The van der Waals surface area contributed by atoms with Crippen molar-refractivity contribution in [1.29, 1.82) is 0 Å². The summed E-state index contributed by atoms with van der Waals surface area (Å²) in [5.74, 6) is -1.55. The van der Waals surface area contributed by atoms with Crippen LogP contribution in [0.5, 0.6) is 5.75 Å². The second kappa shape index (κ2) is 9.56. The van der Waals surface area contributed by atoms with Crippen LogP contribution in [0.1, 0.15) is 17.7 Å². The van der Waals surface area contributed by atoms with Gasteiger partial charge >= 0.3 is 6.61 Å². The summed E-state index contributed by atoms with van der Waals surface area (Å²) in [6.07, 6.45) is 2.37. The quantitative estimate of drug-likeness (QED) is 0.280. The number of nitrogens with one attached hydrogen (secondary N) is 1. The minimum absolute atomic E-state index is 0.0560. The van der Waals surface area contributed by atoms with Crippen molar-refractivity contribution in [2.24, 2.45) is 0 Å². The van der Waals surface area contributed by atoms with Crippen LogP contribution < -0.4 is 10.1 Å². The Balaban J connectivity index is 2.26. The molecule has 10 heteroatoms. The largest absolute Gasteiger partial charge is 0.432 e. The molecule has 0 saturated carbocycles. The van der Waals surface area contributed by atoms with E-state index in [9.17, 15) is 23.1 Å². The summed E-state index contributed by atoms with van der Waals surface area (Å²) in [5, 5.41) is 12.9. The standard InChI is InChI=1S/C18H18BF3N2O4/c1-11-14(18(19,26)27-6-2-5-23-10-25)7-13(9-24-11)12-3-4-15(20)16(8-12)28-17(21)22/h3-4,7-10,17,26H,2,5-6H2,1H3,(H,23,25). The first-order valence-corrected chi connectivity index (χ1v) is 8.28. The van der Waals surface area contributed by atoms with Gasteiger partial charge < -0.3 is 19.9 Å². The number of aliphatic hydroxyl groups is 1. The van der Waals surface area contributed by atoms with Crippen LogP contribution >= 0.6 is 0 Å². The van der Waals surface area contributed by atoms with E-state index in [1.54, 1.807) is 6.92 Å². The van der Waals surface area contributed by atoms with E-state index in [0.717, 1.165) is 12.1 Å². The van der Waals surface area contributed by atoms with Crippen molar-refractivity contribution in [3.63, 3.8) is 0 Å². The van der Waals surface area contributed by atoms with Gasteiger partial charge in [-0.3, -0.25) is 9.78 Å². The molecule has 0 saturated heterocycles. The van der Waals surface area contributed by atoms with E-state index in [1.807, 2.05) is 0 Å². The molecular formula is C18H18BF3N2O4. The minimum atomic E-state index is -3.17. The predicted molar refractivity (Wildman–Crippen MR) is 95.3 cm³/mol. The molecule has 1 atom stereocenters. The second-order valence-corrected chi connectivity index (χ2v) is 5.85. The zero-order chi connectivity index (χ0) is 20.7. The molecule has 148 valence electrons. The third-order valence-electron chi connectivity index (χ3n) is 3.82. The van der Waals surface area contributed by atoms with Crippen LogP contribution in [0.25, 0.3) is 11.1 Å². The molecular weight excluding hydrogens is 376 g/mol. The van der Waals surface area contributed by atoms with Crippen molar-refractivity contribution in [1.82, 2.24) is 10.3 Å². The number of halogens is 3. The number of ether oxygens (including phenoxy) is 2. The van der Waals surface area contributed by atoms with Gasteiger partial charge in [0.15, 0.2) is 19.4 Å². The Hall–Kier alpha value is -2.59. The molecule has 0 aliphatic heterocycles. The summed E-state index contributed by atoms with van der Waals surface area (Å²) in [4.78, 5) is 14.3. The molecule has 2 radical (unpaired) electrons. The first-order valence-electron chi connectivity index (χ1n) is 8.28. The molecule has 0 aliphatic carbocycles. The number of alkyl halides is 2. The topological polar surface area (TPSA) is 80.7 Å². The average molecular weight is 394 g/mol. The predicted octanol–water partition coefficient (Wildman–Crippen LogP) is 2.22. The molecule has 1 unspecified atom stereocenters. The molecule has 0 fully saturated rings. The number of aryl methyl sites for hydroxylation is 1. The SMILES string of the molecule is [B]C(O)(OCCCNC=O)c1cc(-c2ccc(F)c(OC(F)F)c2)cnc1C. The number of carbonyl (C=O) groups is 1. The van der Waals surface area contributed by atoms with Crippen LogP contribution in [0.3, 0.4) is 0 Å². The number of amides is 1. The highest BCUT2D eigenvalue weighted by Gasteiger charge is 2.26. The molecule has 1 aromatic carbocycles. The fourth-order valence-electron chi connectivity index (χ4n) is 2.46. The van der Waals surface area contributed by atoms with Gasteiger partial charge in [0, 0.05) is 29.6 Å². The number of rotatable bonds is 10. The monoisotopic (exact) mass is 394 g/mol. The van der Waals surface area contributed by atoms with E-state index < -0.39 is 23.9 Å². The first kappa shape index (κ1) is 21.7. The zero-order valence-electron chi connectivity index (χ0n) is 15.0. The first-order chi connectivity index (χ1) is 13.2. The van der Waals surface area contributed by atoms with Crippen LogP contribution in [0, 0.1) is 12.7 Å². The van der Waals surface area contributed by atoms with Crippen LogP contribution in [0.2, 0.25) is 0 Å². The Bertz CT molecular complexity index is 821. The third kappa shape index (κ3) is 5.70. The van der Waals surface area contributed by atoms with Crippen molar-refractivity contribution in [2.45, 2.75) is 25.6 Å². The smallest absolute Gasteiger partial charge is 0.387 e. The average Bonchev–Trinajstić information content (AvgIpc) is 2.63. The van der Waals surface area contributed by atoms with Crippen molar-refractivity contribution in [3.05, 3.63) is 47.5 Å². The number of carbonyl (C=O) groups excluding carboxylic acids is 1. The highest BCUT2D eigenvalue weighted by atomic mass is 19.3. The number of hydrogen-bond acceptors (Lipinski definition) is 5. The summed E-state index contributed by atoms with van der Waals surface area (Å²) in [7, 11) is 5.84. The lowest BCUT2D eigenvalue weighted by molar-refractivity contribution is -0.146. The number of hydrogen-bond donors (Lipinski definition) is 2. The van der Waals surface area contributed by atoms with E-state index >= 15 is 0 Å². The number of pyridine rings is 1. The summed E-state index contributed by atoms with van der Waals surface area (Å²) < 4.78 is 47.9. The molecule has 1 aromatic heterocycles. The maximum Gasteiger partial charge on any atom is 0.387 e. The Morgan fingerprint density at radius 3 is 2.79 bits per heavy atom. The van der Waals surface area contributed by atoms with Crippen molar-refractivity contribution in [2.75, 3.05) is 13.2 Å². The third-order valence-corrected chi connectivity index (χ3v) is 3.82. The maximum atomic E-state index is 13.6. The van der Waals surface area contributed by atoms with Gasteiger partial charge in [-0.25, -0.2) is 4.39 Å². The van der Waals surface area contributed by atoms with E-state index in [1.165, 1.54) is 18.3 Å². The zero-order valence-corrected chi connectivity index (χ0v) is 15.0. The number of aromatic nitrogens is 1. The van der Waals surface area contributed by atoms with Gasteiger partial charge in [0.1, 0.15) is 5.69 Å². The van der Waals surface area contributed by atoms with Crippen molar-refractivity contribution < 1.29 is 32.5 Å². The van der Waals surface area contributed by atoms with Crippen molar-refractivity contribution in [3.8, 4) is 16.9 Å². The van der Waals surface area contributed by atoms with Gasteiger partial charge in [0.25, 0.3) is 0 Å². The molecule has 1 amide bonds. The van der Waals surface area contributed by atoms with Crippen LogP contribution in [0.4, 0.5) is 13.2 Å². The molecule has 6 nitrogen and oxygen atoms in total. The van der Waals surface area contributed by atoms with E-state index in [0.29, 0.717) is 36.2 Å². The molecule has 28 heavy (non-hydrogen) atoms. The summed E-state index contributed by atoms with van der Waals surface area (Å²) >= 11 is 0. The molecule has 1 heterocycles. The van der Waals surface area contributed by atoms with Crippen molar-refractivity contribution >= 4 is 14.3 Å². The fourth-order valence-corrected chi connectivity index (χ4v) is 2.46. The lowest BCUT2D eigenvalue weighted by Crippen LogP contribution is -2.32. The summed E-state index contributed by atoms with van der Waals surface area (Å²) in [6, 6.07) is 4.90. The molecule has 2 aromatic rings. The number of nitrogens with zero attached hydrogens (tertiary/aromatic N) is 1. The lowest BCUT2D eigenvalue weighted by Gasteiger charge is -2.27. The molecule has 2 rings (SSSR count). The van der Waals surface area contributed by atoms with E-state index in [-0.39, 0.29) is 12.2 Å². The lowest BCUT2D eigenvalue weighted by atomic mass is 9.85. The summed E-state index contributed by atoms with van der Waals surface area (Å²) in [5.41, 5.74) is -0.928. The second-order valence-electron chi connectivity index (χ2n) is 5.85. The van der Waals surface area contributed by atoms with Crippen LogP contribution in [-0.2, 0) is 15.2 Å². The van der Waals surface area contributed by atoms with Crippen LogP contribution in [0.15, 0.2) is 30.5 Å².